The average Bonchev–Trinajstić information content (AvgIpc) is 3.43. The first kappa shape index (κ1) is 22.2. The van der Waals surface area contributed by atoms with E-state index in [4.69, 9.17) is 9.47 Å². The minimum Gasteiger partial charge on any atom is -0.489 e. The highest BCUT2D eigenvalue weighted by atomic mass is 16.6. The van der Waals surface area contributed by atoms with Crippen LogP contribution in [0.4, 0.5) is 5.82 Å². The number of aliphatic hydroxyl groups is 3. The van der Waals surface area contributed by atoms with Gasteiger partial charge in [-0.3, -0.25) is 4.57 Å². The quantitative estimate of drug-likeness (QED) is 0.307. The fourth-order valence-electron chi connectivity index (χ4n) is 3.91. The van der Waals surface area contributed by atoms with Gasteiger partial charge in [0.2, 0.25) is 0 Å². The molecule has 0 aliphatic carbocycles. The number of rotatable bonds is 8. The Hall–Kier alpha value is -3.57. The highest BCUT2D eigenvalue weighted by Crippen LogP contribution is 2.32. The van der Waals surface area contributed by atoms with E-state index < -0.39 is 31.1 Å². The molecule has 1 aliphatic heterocycles. The van der Waals surface area contributed by atoms with Gasteiger partial charge < -0.3 is 30.1 Å². The molecule has 4 aromatic rings. The summed E-state index contributed by atoms with van der Waals surface area (Å²) in [5.41, 5.74) is 3.08. The van der Waals surface area contributed by atoms with Crippen LogP contribution in [-0.4, -0.2) is 59.8 Å². The topological polar surface area (TPSA) is 135 Å². The van der Waals surface area contributed by atoms with Crippen molar-refractivity contribution in [3.8, 4) is 5.75 Å². The van der Waals surface area contributed by atoms with Crippen LogP contribution < -0.4 is 10.1 Å². The number of ether oxygens (including phenoxy) is 2. The molecule has 5 rings (SSSR count). The van der Waals surface area contributed by atoms with Gasteiger partial charge in [0, 0.05) is 6.54 Å². The van der Waals surface area contributed by atoms with E-state index in [2.05, 4.69) is 20.3 Å². The summed E-state index contributed by atoms with van der Waals surface area (Å²) in [7, 11) is 0. The van der Waals surface area contributed by atoms with E-state index in [9.17, 15) is 15.3 Å². The van der Waals surface area contributed by atoms with Crippen molar-refractivity contribution in [3.63, 3.8) is 0 Å². The van der Waals surface area contributed by atoms with E-state index in [1.54, 1.807) is 0 Å². The molecule has 0 radical (unpaired) electrons. The number of anilines is 1. The number of hydrogen-bond acceptors (Lipinski definition) is 9. The molecule has 4 N–H and O–H groups in total. The van der Waals surface area contributed by atoms with Crippen molar-refractivity contribution >= 4 is 17.0 Å². The predicted molar refractivity (Wildman–Crippen MR) is 123 cm³/mol. The van der Waals surface area contributed by atoms with E-state index in [0.717, 1.165) is 16.9 Å². The normalized spacial score (nSPS) is 22.2. The van der Waals surface area contributed by atoms with E-state index in [0.29, 0.717) is 30.1 Å². The van der Waals surface area contributed by atoms with Crippen LogP contribution in [0, 0.1) is 0 Å². The zero-order valence-corrected chi connectivity index (χ0v) is 18.2. The van der Waals surface area contributed by atoms with Crippen LogP contribution in [0.15, 0.2) is 67.3 Å². The number of benzene rings is 2. The summed E-state index contributed by atoms with van der Waals surface area (Å²) < 4.78 is 13.0. The third-order valence-corrected chi connectivity index (χ3v) is 5.78. The molecule has 2 aromatic carbocycles. The van der Waals surface area contributed by atoms with E-state index >= 15 is 0 Å². The Morgan fingerprint density at radius 2 is 1.74 bits per heavy atom. The zero-order chi connectivity index (χ0) is 23.5. The Bertz CT molecular complexity index is 1230. The number of nitrogens with one attached hydrogen (secondary N) is 1. The first-order valence-corrected chi connectivity index (χ1v) is 10.9. The lowest BCUT2D eigenvalue weighted by Crippen LogP contribution is -2.33. The van der Waals surface area contributed by atoms with Crippen LogP contribution >= 0.6 is 0 Å². The number of aromatic nitrogens is 4. The molecule has 0 spiro atoms. The molecule has 0 unspecified atom stereocenters. The second-order valence-corrected chi connectivity index (χ2v) is 8.05. The molecule has 4 atom stereocenters. The zero-order valence-electron chi connectivity index (χ0n) is 18.2. The van der Waals surface area contributed by atoms with Crippen molar-refractivity contribution in [2.24, 2.45) is 0 Å². The first-order valence-electron chi connectivity index (χ1n) is 10.9. The number of nitrogens with zero attached hydrogens (tertiary/aromatic N) is 4. The van der Waals surface area contributed by atoms with Gasteiger partial charge in [-0.15, -0.1) is 0 Å². The minimum absolute atomic E-state index is 0.404. The Balaban J connectivity index is 1.25. The lowest BCUT2D eigenvalue weighted by atomic mass is 10.1. The van der Waals surface area contributed by atoms with Crippen LogP contribution in [0.3, 0.4) is 0 Å². The highest BCUT2D eigenvalue weighted by Gasteiger charge is 2.44. The van der Waals surface area contributed by atoms with Gasteiger partial charge in [0.1, 0.15) is 37.0 Å². The molecule has 1 aliphatic rings. The maximum Gasteiger partial charge on any atom is 0.167 e. The van der Waals surface area contributed by atoms with Crippen LogP contribution in [0.5, 0.6) is 5.75 Å². The Morgan fingerprint density at radius 3 is 2.47 bits per heavy atom. The summed E-state index contributed by atoms with van der Waals surface area (Å²) in [5, 5.41) is 33.0. The van der Waals surface area contributed by atoms with Crippen molar-refractivity contribution in [1.29, 1.82) is 0 Å². The monoisotopic (exact) mass is 463 g/mol. The van der Waals surface area contributed by atoms with Gasteiger partial charge in [0.25, 0.3) is 0 Å². The molecule has 34 heavy (non-hydrogen) atoms. The van der Waals surface area contributed by atoms with Gasteiger partial charge >= 0.3 is 0 Å². The molecule has 0 saturated carbocycles. The molecular weight excluding hydrogens is 438 g/mol. The van der Waals surface area contributed by atoms with Crippen molar-refractivity contribution in [2.45, 2.75) is 37.7 Å². The average molecular weight is 463 g/mol. The summed E-state index contributed by atoms with van der Waals surface area (Å²) >= 11 is 0. The van der Waals surface area contributed by atoms with Gasteiger partial charge in [0.05, 0.1) is 12.9 Å². The van der Waals surface area contributed by atoms with Crippen molar-refractivity contribution in [3.05, 3.63) is 78.4 Å². The molecule has 2 aromatic heterocycles. The van der Waals surface area contributed by atoms with Crippen LogP contribution in [0.2, 0.25) is 0 Å². The second-order valence-electron chi connectivity index (χ2n) is 8.05. The van der Waals surface area contributed by atoms with E-state index in [1.807, 2.05) is 54.6 Å². The van der Waals surface area contributed by atoms with Gasteiger partial charge in [-0.1, -0.05) is 42.5 Å². The van der Waals surface area contributed by atoms with Gasteiger partial charge in [-0.05, 0) is 23.3 Å². The van der Waals surface area contributed by atoms with Crippen LogP contribution in [-0.2, 0) is 17.9 Å². The maximum absolute atomic E-state index is 10.3. The molecule has 1 saturated heterocycles. The molecule has 1 fully saturated rings. The van der Waals surface area contributed by atoms with Gasteiger partial charge in [-0.2, -0.15) is 0 Å². The standard InChI is InChI=1S/C24H25N5O5/c30-11-18-20(31)21(32)24(34-18)29-14-28-19-22(26-13-27-23(19)29)25-10-15-6-8-17(9-7-15)33-12-16-4-2-1-3-5-16/h1-9,13-14,18,20-21,24,30-32H,10-12H2,(H,25,26,27)/t18-,20-,21-,24-/m1/s1. The first-order chi connectivity index (χ1) is 16.6. The van der Waals surface area contributed by atoms with Gasteiger partial charge in [-0.25, -0.2) is 15.0 Å². The second kappa shape index (κ2) is 9.74. The van der Waals surface area contributed by atoms with Crippen LogP contribution in [0.25, 0.3) is 11.2 Å². The summed E-state index contributed by atoms with van der Waals surface area (Å²) in [6.07, 6.45) is -1.34. The van der Waals surface area contributed by atoms with Crippen molar-refractivity contribution < 1.29 is 24.8 Å². The molecule has 176 valence electrons. The molecule has 0 bridgehead atoms. The summed E-state index contributed by atoms with van der Waals surface area (Å²) in [6.45, 7) is 0.612. The smallest absolute Gasteiger partial charge is 0.167 e. The van der Waals surface area contributed by atoms with Gasteiger partial charge in [0.15, 0.2) is 23.2 Å². The maximum atomic E-state index is 10.3. The molecule has 10 heteroatoms. The number of imidazole rings is 1. The minimum atomic E-state index is -1.22. The largest absolute Gasteiger partial charge is 0.489 e. The van der Waals surface area contributed by atoms with Crippen LogP contribution in [0.1, 0.15) is 17.4 Å². The molecule has 0 amide bonds. The third kappa shape index (κ3) is 4.44. The SMILES string of the molecule is OC[C@H]1O[C@@H](n2cnc3c(NCc4ccc(OCc5ccccc5)cc4)ncnc32)[C@H](O)[C@@H]1O. The lowest BCUT2D eigenvalue weighted by Gasteiger charge is -2.16. The Labute approximate surface area is 195 Å². The highest BCUT2D eigenvalue weighted by molar-refractivity contribution is 5.82. The summed E-state index contributed by atoms with van der Waals surface area (Å²) in [4.78, 5) is 12.9. The number of hydrogen-bond donors (Lipinski definition) is 4. The number of aliphatic hydroxyl groups excluding tert-OH is 3. The molecule has 10 nitrogen and oxygen atoms in total. The molecule has 3 heterocycles. The fraction of sp³-hybridized carbons (Fsp3) is 0.292. The Morgan fingerprint density at radius 1 is 0.941 bits per heavy atom. The van der Waals surface area contributed by atoms with E-state index in [-0.39, 0.29) is 0 Å². The van der Waals surface area contributed by atoms with Crippen molar-refractivity contribution in [2.75, 3.05) is 11.9 Å². The molecular formula is C24H25N5O5. The van der Waals surface area contributed by atoms with Crippen molar-refractivity contribution in [1.82, 2.24) is 19.5 Å². The fourth-order valence-corrected chi connectivity index (χ4v) is 3.91. The number of fused-ring (bicyclic) bond motifs is 1. The summed E-state index contributed by atoms with van der Waals surface area (Å²) in [5.74, 6) is 1.31. The Kier molecular flexibility index (Phi) is 6.37. The predicted octanol–water partition coefficient (Wildman–Crippen LogP) is 1.63. The third-order valence-electron chi connectivity index (χ3n) is 5.78. The summed E-state index contributed by atoms with van der Waals surface area (Å²) in [6, 6.07) is 17.8. The van der Waals surface area contributed by atoms with E-state index in [1.165, 1.54) is 17.2 Å². The lowest BCUT2D eigenvalue weighted by molar-refractivity contribution is -0.0511.